The van der Waals surface area contributed by atoms with E-state index in [-0.39, 0.29) is 23.7 Å². The molecular formula is C15H36ClN3O3Si. The van der Waals surface area contributed by atoms with Crippen LogP contribution in [0, 0.1) is 0 Å². The Kier molecular flexibility index (Phi) is 10.4. The third kappa shape index (κ3) is 7.35. The fraction of sp³-hybridized carbons (Fsp3) is 1.00. The first kappa shape index (κ1) is 23.3. The Morgan fingerprint density at radius 1 is 0.739 bits per heavy atom. The number of hydrogen-bond donors (Lipinski definition) is 0. The predicted octanol–water partition coefficient (Wildman–Crippen LogP) is 2.25. The summed E-state index contributed by atoms with van der Waals surface area (Å²) in [6.45, 7) is 7.97. The molecule has 0 aromatic heterocycles. The summed E-state index contributed by atoms with van der Waals surface area (Å²) >= 11 is 6.67. The van der Waals surface area contributed by atoms with Crippen molar-refractivity contribution in [2.24, 2.45) is 0 Å². The van der Waals surface area contributed by atoms with E-state index in [1.807, 2.05) is 84.7 Å². The first-order valence-corrected chi connectivity index (χ1v) is 10.4. The molecule has 8 heteroatoms. The highest BCUT2D eigenvalue weighted by Gasteiger charge is 2.52. The third-order valence-electron chi connectivity index (χ3n) is 3.93. The Balaban J connectivity index is 5.60. The van der Waals surface area contributed by atoms with Crippen LogP contribution in [0.5, 0.6) is 0 Å². The second kappa shape index (κ2) is 10.3. The van der Waals surface area contributed by atoms with Crippen molar-refractivity contribution in [3.05, 3.63) is 0 Å². The van der Waals surface area contributed by atoms with Crippen molar-refractivity contribution in [1.82, 2.24) is 14.7 Å². The zero-order valence-corrected chi connectivity index (χ0v) is 18.2. The molecule has 23 heavy (non-hydrogen) atoms. The average Bonchev–Trinajstić information content (AvgIpc) is 2.45. The number of halogens is 1. The SMILES string of the molecule is CCC(Cl)[Si](OC(C)N(C)C)(OC(C)N(C)C)OC(C)N(C)C. The molecule has 4 atom stereocenters. The smallest absolute Gasteiger partial charge is 0.356 e. The second-order valence-corrected chi connectivity index (χ2v) is 10.0. The second-order valence-electron chi connectivity index (χ2n) is 6.52. The monoisotopic (exact) mass is 369 g/mol. The van der Waals surface area contributed by atoms with E-state index in [2.05, 4.69) is 0 Å². The van der Waals surface area contributed by atoms with Crippen molar-refractivity contribution in [3.8, 4) is 0 Å². The van der Waals surface area contributed by atoms with E-state index in [4.69, 9.17) is 24.9 Å². The quantitative estimate of drug-likeness (QED) is 0.316. The molecule has 6 nitrogen and oxygen atoms in total. The minimum absolute atomic E-state index is 0.154. The van der Waals surface area contributed by atoms with Gasteiger partial charge in [0, 0.05) is 0 Å². The van der Waals surface area contributed by atoms with E-state index in [1.165, 1.54) is 0 Å². The summed E-state index contributed by atoms with van der Waals surface area (Å²) in [5.74, 6) is 0. The minimum atomic E-state index is -3.14. The maximum atomic E-state index is 6.67. The standard InChI is InChI=1S/C15H36ClN3O3Si/c1-11-15(16)23(20-12(2)17(5)6,21-13(3)18(7)8)22-14(4)19(9)10/h12-15H,11H2,1-10H3. The molecule has 0 bridgehead atoms. The van der Waals surface area contributed by atoms with Gasteiger partial charge in [-0.15, -0.1) is 11.6 Å². The molecule has 0 aromatic carbocycles. The van der Waals surface area contributed by atoms with Crippen molar-refractivity contribution < 1.29 is 13.3 Å². The molecule has 0 aromatic rings. The fourth-order valence-corrected chi connectivity index (χ4v) is 5.22. The van der Waals surface area contributed by atoms with Crippen LogP contribution in [0.3, 0.4) is 0 Å². The Morgan fingerprint density at radius 3 is 1.17 bits per heavy atom. The van der Waals surface area contributed by atoms with Crippen LogP contribution in [-0.2, 0) is 13.3 Å². The van der Waals surface area contributed by atoms with Gasteiger partial charge in [0.2, 0.25) is 0 Å². The maximum Gasteiger partial charge on any atom is 0.523 e. The molecule has 0 amide bonds. The summed E-state index contributed by atoms with van der Waals surface area (Å²) in [4.78, 5) is 5.94. The van der Waals surface area contributed by atoms with Gasteiger partial charge in [-0.1, -0.05) is 6.92 Å². The summed E-state index contributed by atoms with van der Waals surface area (Å²) in [5.41, 5.74) is 0. The lowest BCUT2D eigenvalue weighted by molar-refractivity contribution is -0.0879. The highest BCUT2D eigenvalue weighted by Crippen LogP contribution is 2.28. The molecule has 0 radical (unpaired) electrons. The van der Waals surface area contributed by atoms with Gasteiger partial charge in [-0.2, -0.15) is 0 Å². The molecule has 0 N–H and O–H groups in total. The lowest BCUT2D eigenvalue weighted by atomic mass is 10.6. The van der Waals surface area contributed by atoms with Gasteiger partial charge >= 0.3 is 8.80 Å². The number of nitrogens with zero attached hydrogens (tertiary/aromatic N) is 3. The maximum absolute atomic E-state index is 6.67. The van der Waals surface area contributed by atoms with Crippen molar-refractivity contribution in [3.63, 3.8) is 0 Å². The third-order valence-corrected chi connectivity index (χ3v) is 8.22. The predicted molar refractivity (Wildman–Crippen MR) is 98.4 cm³/mol. The van der Waals surface area contributed by atoms with Crippen LogP contribution in [0.2, 0.25) is 0 Å². The molecule has 0 aliphatic heterocycles. The van der Waals surface area contributed by atoms with Crippen molar-refractivity contribution in [2.45, 2.75) is 57.8 Å². The Hall–Kier alpha value is 0.267. The summed E-state index contributed by atoms with van der Waals surface area (Å²) < 4.78 is 19.0. The van der Waals surface area contributed by atoms with Crippen LogP contribution in [0.1, 0.15) is 34.1 Å². The van der Waals surface area contributed by atoms with Gasteiger partial charge in [0.25, 0.3) is 0 Å². The molecule has 0 fully saturated rings. The molecule has 0 aliphatic carbocycles. The minimum Gasteiger partial charge on any atom is -0.356 e. The molecule has 0 aliphatic rings. The van der Waals surface area contributed by atoms with E-state index in [9.17, 15) is 0 Å². The van der Waals surface area contributed by atoms with Gasteiger partial charge in [-0.05, 0) is 69.5 Å². The van der Waals surface area contributed by atoms with Gasteiger partial charge in [-0.3, -0.25) is 14.7 Å². The lowest BCUT2D eigenvalue weighted by Crippen LogP contribution is -2.62. The van der Waals surface area contributed by atoms with Gasteiger partial charge in [0.15, 0.2) is 0 Å². The van der Waals surface area contributed by atoms with Crippen LogP contribution in [0.15, 0.2) is 0 Å². The zero-order valence-electron chi connectivity index (χ0n) is 16.5. The van der Waals surface area contributed by atoms with E-state index >= 15 is 0 Å². The first-order valence-electron chi connectivity index (χ1n) is 8.13. The molecule has 0 heterocycles. The van der Waals surface area contributed by atoms with Crippen LogP contribution in [0.25, 0.3) is 0 Å². The Labute approximate surface area is 149 Å². The average molecular weight is 370 g/mol. The van der Waals surface area contributed by atoms with Crippen molar-refractivity contribution in [2.75, 3.05) is 42.3 Å². The fourth-order valence-electron chi connectivity index (χ4n) is 1.58. The summed E-state index contributed by atoms with van der Waals surface area (Å²) in [7, 11) is 8.64. The number of hydrogen-bond acceptors (Lipinski definition) is 6. The van der Waals surface area contributed by atoms with Gasteiger partial charge in [0.05, 0.1) is 0 Å². The normalized spacial score (nSPS) is 20.6. The molecule has 4 unspecified atom stereocenters. The molecular weight excluding hydrogens is 334 g/mol. The van der Waals surface area contributed by atoms with E-state index in [0.29, 0.717) is 6.42 Å². The molecule has 0 rings (SSSR count). The highest BCUT2D eigenvalue weighted by molar-refractivity contribution is 6.71. The van der Waals surface area contributed by atoms with Crippen molar-refractivity contribution >= 4 is 20.4 Å². The summed E-state index contributed by atoms with van der Waals surface area (Å²) in [5, 5.41) is -0.310. The number of rotatable bonds is 11. The summed E-state index contributed by atoms with van der Waals surface area (Å²) in [6, 6.07) is 0. The summed E-state index contributed by atoms with van der Waals surface area (Å²) in [6.07, 6.45) is 0.253. The van der Waals surface area contributed by atoms with E-state index in [1.54, 1.807) is 0 Å². The first-order chi connectivity index (χ1) is 10.5. The molecule has 140 valence electrons. The highest BCUT2D eigenvalue weighted by atomic mass is 35.5. The van der Waals surface area contributed by atoms with Gasteiger partial charge < -0.3 is 13.3 Å². The van der Waals surface area contributed by atoms with Crippen LogP contribution in [0.4, 0.5) is 0 Å². The van der Waals surface area contributed by atoms with E-state index < -0.39 is 8.80 Å². The van der Waals surface area contributed by atoms with Crippen LogP contribution < -0.4 is 0 Å². The Bertz CT molecular complexity index is 294. The zero-order chi connectivity index (χ0) is 18.4. The Morgan fingerprint density at radius 2 is 1.00 bits per heavy atom. The number of alkyl halides is 1. The van der Waals surface area contributed by atoms with Crippen molar-refractivity contribution in [1.29, 1.82) is 0 Å². The van der Waals surface area contributed by atoms with Gasteiger partial charge in [-0.25, -0.2) is 0 Å². The van der Waals surface area contributed by atoms with Gasteiger partial charge in [0.1, 0.15) is 23.7 Å². The van der Waals surface area contributed by atoms with Crippen LogP contribution >= 0.6 is 11.6 Å². The molecule has 0 saturated carbocycles. The van der Waals surface area contributed by atoms with Crippen LogP contribution in [-0.4, -0.2) is 89.5 Å². The molecule has 0 spiro atoms. The van der Waals surface area contributed by atoms with E-state index in [0.717, 1.165) is 0 Å². The topological polar surface area (TPSA) is 37.4 Å². The lowest BCUT2D eigenvalue weighted by Gasteiger charge is -2.41. The molecule has 0 saturated heterocycles. The largest absolute Gasteiger partial charge is 0.523 e.